The number of rotatable bonds is 4. The Hall–Kier alpha value is -1.39. The number of anilines is 2. The lowest BCUT2D eigenvalue weighted by molar-refractivity contribution is 1.10. The highest BCUT2D eigenvalue weighted by molar-refractivity contribution is 7.15. The van der Waals surface area contributed by atoms with Crippen molar-refractivity contribution >= 4 is 22.2 Å². The summed E-state index contributed by atoms with van der Waals surface area (Å²) in [6.07, 6.45) is 2.84. The average molecular weight is 247 g/mol. The first-order chi connectivity index (χ1) is 8.24. The molecule has 0 aliphatic heterocycles. The van der Waals surface area contributed by atoms with Crippen LogP contribution in [-0.4, -0.2) is 4.98 Å². The van der Waals surface area contributed by atoms with Gasteiger partial charge in [-0.3, -0.25) is 0 Å². The molecule has 3 N–H and O–H groups in total. The van der Waals surface area contributed by atoms with Crippen LogP contribution >= 0.6 is 11.3 Å². The standard InChI is InChI=1S/C13H17N3S/c1-3-10-6-4-5-9(2)12(10)16-13-15-8-11(7-14)17-13/h4-6,8H,3,7,14H2,1-2H3,(H,15,16). The van der Waals surface area contributed by atoms with Crippen molar-refractivity contribution < 1.29 is 0 Å². The zero-order valence-corrected chi connectivity index (χ0v) is 11.0. The first-order valence-electron chi connectivity index (χ1n) is 5.75. The van der Waals surface area contributed by atoms with E-state index in [2.05, 4.69) is 42.3 Å². The molecule has 0 amide bonds. The van der Waals surface area contributed by atoms with Gasteiger partial charge in [-0.25, -0.2) is 4.98 Å². The zero-order valence-electron chi connectivity index (χ0n) is 10.2. The SMILES string of the molecule is CCc1cccc(C)c1Nc1ncc(CN)s1. The smallest absolute Gasteiger partial charge is 0.187 e. The molecule has 17 heavy (non-hydrogen) atoms. The van der Waals surface area contributed by atoms with Crippen LogP contribution in [0.4, 0.5) is 10.8 Å². The maximum absolute atomic E-state index is 5.59. The van der Waals surface area contributed by atoms with Gasteiger partial charge in [0.05, 0.1) is 0 Å². The molecule has 0 fully saturated rings. The molecule has 0 unspecified atom stereocenters. The van der Waals surface area contributed by atoms with Crippen LogP contribution in [0.2, 0.25) is 0 Å². The molecule has 2 aromatic rings. The van der Waals surface area contributed by atoms with Gasteiger partial charge in [0.2, 0.25) is 0 Å². The molecule has 0 spiro atoms. The molecule has 4 heteroatoms. The van der Waals surface area contributed by atoms with Crippen molar-refractivity contribution in [1.29, 1.82) is 0 Å². The molecule has 0 saturated carbocycles. The van der Waals surface area contributed by atoms with Crippen molar-refractivity contribution in [3.63, 3.8) is 0 Å². The largest absolute Gasteiger partial charge is 0.331 e. The van der Waals surface area contributed by atoms with E-state index >= 15 is 0 Å². The fourth-order valence-corrected chi connectivity index (χ4v) is 2.46. The monoisotopic (exact) mass is 247 g/mol. The van der Waals surface area contributed by atoms with E-state index < -0.39 is 0 Å². The Bertz CT molecular complexity index is 505. The zero-order chi connectivity index (χ0) is 12.3. The number of thiazole rings is 1. The van der Waals surface area contributed by atoms with Crippen LogP contribution in [0, 0.1) is 6.92 Å². The Kier molecular flexibility index (Phi) is 3.76. The summed E-state index contributed by atoms with van der Waals surface area (Å²) in [6, 6.07) is 6.35. The van der Waals surface area contributed by atoms with Crippen molar-refractivity contribution in [2.45, 2.75) is 26.8 Å². The van der Waals surface area contributed by atoms with Gasteiger partial charge >= 0.3 is 0 Å². The molecule has 0 atom stereocenters. The van der Waals surface area contributed by atoms with Gasteiger partial charge in [-0.15, -0.1) is 11.3 Å². The first kappa shape index (κ1) is 12.1. The first-order valence-corrected chi connectivity index (χ1v) is 6.56. The number of aromatic nitrogens is 1. The molecular weight excluding hydrogens is 230 g/mol. The van der Waals surface area contributed by atoms with Crippen LogP contribution in [0.15, 0.2) is 24.4 Å². The Morgan fingerprint density at radius 2 is 2.24 bits per heavy atom. The highest BCUT2D eigenvalue weighted by Crippen LogP contribution is 2.27. The summed E-state index contributed by atoms with van der Waals surface area (Å²) >= 11 is 1.61. The second-order valence-electron chi connectivity index (χ2n) is 3.92. The number of benzene rings is 1. The van der Waals surface area contributed by atoms with Gasteiger partial charge in [-0.1, -0.05) is 25.1 Å². The van der Waals surface area contributed by atoms with E-state index in [1.807, 2.05) is 6.20 Å². The summed E-state index contributed by atoms with van der Waals surface area (Å²) in [5.41, 5.74) is 9.32. The Morgan fingerprint density at radius 3 is 2.88 bits per heavy atom. The number of para-hydroxylation sites is 1. The third-order valence-electron chi connectivity index (χ3n) is 2.73. The highest BCUT2D eigenvalue weighted by Gasteiger charge is 2.06. The second-order valence-corrected chi connectivity index (χ2v) is 5.04. The lowest BCUT2D eigenvalue weighted by atomic mass is 10.1. The van der Waals surface area contributed by atoms with Crippen LogP contribution in [0.25, 0.3) is 0 Å². The predicted molar refractivity (Wildman–Crippen MR) is 73.8 cm³/mol. The second kappa shape index (κ2) is 5.29. The van der Waals surface area contributed by atoms with E-state index in [1.54, 1.807) is 11.3 Å². The molecule has 0 aliphatic rings. The third-order valence-corrected chi connectivity index (χ3v) is 3.66. The average Bonchev–Trinajstić information content (AvgIpc) is 2.79. The van der Waals surface area contributed by atoms with Crippen molar-refractivity contribution in [2.75, 3.05) is 5.32 Å². The molecule has 1 aromatic carbocycles. The Balaban J connectivity index is 2.28. The van der Waals surface area contributed by atoms with Crippen molar-refractivity contribution in [3.8, 4) is 0 Å². The van der Waals surface area contributed by atoms with Crippen molar-refractivity contribution in [3.05, 3.63) is 40.4 Å². The van der Waals surface area contributed by atoms with Crippen molar-refractivity contribution in [2.24, 2.45) is 5.73 Å². The molecule has 0 radical (unpaired) electrons. The summed E-state index contributed by atoms with van der Waals surface area (Å²) in [6.45, 7) is 4.82. The predicted octanol–water partition coefficient (Wildman–Crippen LogP) is 3.22. The quantitative estimate of drug-likeness (QED) is 0.872. The van der Waals surface area contributed by atoms with Crippen LogP contribution in [-0.2, 0) is 13.0 Å². The van der Waals surface area contributed by atoms with E-state index in [9.17, 15) is 0 Å². The van der Waals surface area contributed by atoms with Crippen LogP contribution in [0.1, 0.15) is 22.9 Å². The van der Waals surface area contributed by atoms with Crippen LogP contribution in [0.3, 0.4) is 0 Å². The van der Waals surface area contributed by atoms with Crippen LogP contribution in [0.5, 0.6) is 0 Å². The molecule has 0 aliphatic carbocycles. The van der Waals surface area contributed by atoms with E-state index in [-0.39, 0.29) is 0 Å². The van der Waals surface area contributed by atoms with E-state index in [1.165, 1.54) is 16.8 Å². The molecule has 1 heterocycles. The maximum Gasteiger partial charge on any atom is 0.187 e. The highest BCUT2D eigenvalue weighted by atomic mass is 32.1. The molecular formula is C13H17N3S. The number of aryl methyl sites for hydroxylation is 2. The van der Waals surface area contributed by atoms with Gasteiger partial charge in [-0.05, 0) is 24.5 Å². The Morgan fingerprint density at radius 1 is 1.41 bits per heavy atom. The Labute approximate surface area is 106 Å². The molecule has 0 saturated heterocycles. The number of nitrogens with zero attached hydrogens (tertiary/aromatic N) is 1. The fourth-order valence-electron chi connectivity index (χ4n) is 1.77. The van der Waals surface area contributed by atoms with E-state index in [0.717, 1.165) is 16.4 Å². The van der Waals surface area contributed by atoms with Gasteiger partial charge in [-0.2, -0.15) is 0 Å². The van der Waals surface area contributed by atoms with E-state index in [4.69, 9.17) is 5.73 Å². The normalized spacial score (nSPS) is 10.5. The minimum atomic E-state index is 0.549. The molecule has 3 nitrogen and oxygen atoms in total. The minimum Gasteiger partial charge on any atom is -0.331 e. The van der Waals surface area contributed by atoms with E-state index in [0.29, 0.717) is 6.54 Å². The third kappa shape index (κ3) is 2.65. The molecule has 1 aromatic heterocycles. The maximum atomic E-state index is 5.59. The topological polar surface area (TPSA) is 50.9 Å². The number of hydrogen-bond acceptors (Lipinski definition) is 4. The number of nitrogens with two attached hydrogens (primary N) is 1. The van der Waals surface area contributed by atoms with Crippen molar-refractivity contribution in [1.82, 2.24) is 4.98 Å². The van der Waals surface area contributed by atoms with Crippen LogP contribution < -0.4 is 11.1 Å². The summed E-state index contributed by atoms with van der Waals surface area (Å²) < 4.78 is 0. The van der Waals surface area contributed by atoms with Gasteiger partial charge in [0.1, 0.15) is 0 Å². The number of nitrogens with one attached hydrogen (secondary N) is 1. The van der Waals surface area contributed by atoms with Gasteiger partial charge in [0, 0.05) is 23.3 Å². The van der Waals surface area contributed by atoms with Gasteiger partial charge < -0.3 is 11.1 Å². The summed E-state index contributed by atoms with van der Waals surface area (Å²) in [5, 5.41) is 4.31. The minimum absolute atomic E-state index is 0.549. The lowest BCUT2D eigenvalue weighted by Crippen LogP contribution is -1.97. The lowest BCUT2D eigenvalue weighted by Gasteiger charge is -2.11. The molecule has 90 valence electrons. The summed E-state index contributed by atoms with van der Waals surface area (Å²) in [4.78, 5) is 5.42. The summed E-state index contributed by atoms with van der Waals surface area (Å²) in [5.74, 6) is 0. The van der Waals surface area contributed by atoms with Gasteiger partial charge in [0.25, 0.3) is 0 Å². The molecule has 2 rings (SSSR count). The fraction of sp³-hybridized carbons (Fsp3) is 0.308. The summed E-state index contributed by atoms with van der Waals surface area (Å²) in [7, 11) is 0. The number of hydrogen-bond donors (Lipinski definition) is 2. The van der Waals surface area contributed by atoms with Gasteiger partial charge in [0.15, 0.2) is 5.13 Å². The molecule has 0 bridgehead atoms.